The van der Waals surface area contributed by atoms with E-state index in [1.165, 1.54) is 11.1 Å². The van der Waals surface area contributed by atoms with E-state index in [0.29, 0.717) is 13.0 Å². The van der Waals surface area contributed by atoms with Crippen LogP contribution in [0, 0.1) is 12.8 Å². The van der Waals surface area contributed by atoms with Crippen molar-refractivity contribution in [1.82, 2.24) is 14.7 Å². The smallest absolute Gasteiger partial charge is 0.227 e. The summed E-state index contributed by atoms with van der Waals surface area (Å²) in [4.78, 5) is 31.1. The first-order valence-electron chi connectivity index (χ1n) is 9.92. The predicted octanol–water partition coefficient (Wildman–Crippen LogP) is 2.29. The van der Waals surface area contributed by atoms with Gasteiger partial charge in [0.1, 0.15) is 0 Å². The van der Waals surface area contributed by atoms with Crippen LogP contribution >= 0.6 is 0 Å². The second-order valence-corrected chi connectivity index (χ2v) is 7.56. The summed E-state index contributed by atoms with van der Waals surface area (Å²) in [5, 5.41) is 0. The molecular formula is C21H31N3O2. The van der Waals surface area contributed by atoms with E-state index < -0.39 is 0 Å². The van der Waals surface area contributed by atoms with Crippen LogP contribution in [0.25, 0.3) is 0 Å². The highest BCUT2D eigenvalue weighted by Gasteiger charge is 2.33. The zero-order chi connectivity index (χ0) is 18.5. The normalized spacial score (nSPS) is 21.7. The fourth-order valence-corrected chi connectivity index (χ4v) is 4.05. The molecule has 5 nitrogen and oxygen atoms in total. The van der Waals surface area contributed by atoms with Gasteiger partial charge in [-0.05, 0) is 30.9 Å². The molecule has 0 saturated carbocycles. The highest BCUT2D eigenvalue weighted by molar-refractivity contribution is 5.82. The number of benzene rings is 1. The molecule has 0 spiro atoms. The van der Waals surface area contributed by atoms with E-state index in [1.54, 1.807) is 0 Å². The fraction of sp³-hybridized carbons (Fsp3) is 0.619. The van der Waals surface area contributed by atoms with Gasteiger partial charge in [0.2, 0.25) is 11.8 Å². The lowest BCUT2D eigenvalue weighted by atomic mass is 10.1. The summed E-state index contributed by atoms with van der Waals surface area (Å²) in [6.07, 6.45) is 2.36. The van der Waals surface area contributed by atoms with Crippen LogP contribution in [0.3, 0.4) is 0 Å². The van der Waals surface area contributed by atoms with Gasteiger partial charge in [-0.1, -0.05) is 31.2 Å². The molecule has 5 heteroatoms. The van der Waals surface area contributed by atoms with Gasteiger partial charge in [0, 0.05) is 52.2 Å². The predicted molar refractivity (Wildman–Crippen MR) is 103 cm³/mol. The molecule has 0 radical (unpaired) electrons. The van der Waals surface area contributed by atoms with E-state index in [0.717, 1.165) is 52.1 Å². The first-order chi connectivity index (χ1) is 12.6. The van der Waals surface area contributed by atoms with Crippen molar-refractivity contribution in [2.75, 3.05) is 39.3 Å². The molecule has 142 valence electrons. The summed E-state index contributed by atoms with van der Waals surface area (Å²) >= 11 is 0. The van der Waals surface area contributed by atoms with Crippen molar-refractivity contribution in [3.63, 3.8) is 0 Å². The number of hydrogen-bond acceptors (Lipinski definition) is 3. The summed E-state index contributed by atoms with van der Waals surface area (Å²) in [5.41, 5.74) is 2.70. The van der Waals surface area contributed by atoms with E-state index in [4.69, 9.17) is 0 Å². The van der Waals surface area contributed by atoms with E-state index >= 15 is 0 Å². The average molecular weight is 357 g/mol. The second kappa shape index (κ2) is 8.67. The Kier molecular flexibility index (Phi) is 6.30. The maximum absolute atomic E-state index is 12.9. The maximum atomic E-state index is 12.9. The van der Waals surface area contributed by atoms with E-state index in [9.17, 15) is 9.59 Å². The van der Waals surface area contributed by atoms with E-state index in [1.807, 2.05) is 16.7 Å². The van der Waals surface area contributed by atoms with Crippen LogP contribution in [0.2, 0.25) is 0 Å². The maximum Gasteiger partial charge on any atom is 0.227 e. The van der Waals surface area contributed by atoms with Gasteiger partial charge >= 0.3 is 0 Å². The third kappa shape index (κ3) is 4.44. The Hall–Kier alpha value is -1.88. The minimum Gasteiger partial charge on any atom is -0.342 e. The monoisotopic (exact) mass is 357 g/mol. The second-order valence-electron chi connectivity index (χ2n) is 7.56. The number of carbonyl (C=O) groups excluding carboxylic acids is 2. The molecule has 2 aliphatic heterocycles. The van der Waals surface area contributed by atoms with Gasteiger partial charge in [0.25, 0.3) is 0 Å². The number of likely N-dealkylation sites (tertiary alicyclic amines) is 1. The molecule has 3 rings (SSSR count). The van der Waals surface area contributed by atoms with Crippen LogP contribution in [0.15, 0.2) is 24.3 Å². The van der Waals surface area contributed by atoms with Gasteiger partial charge in [-0.25, -0.2) is 0 Å². The van der Waals surface area contributed by atoms with Crippen LogP contribution in [0.5, 0.6) is 0 Å². The molecule has 2 saturated heterocycles. The summed E-state index contributed by atoms with van der Waals surface area (Å²) in [7, 11) is 0. The number of aryl methyl sites for hydroxylation is 1. The summed E-state index contributed by atoms with van der Waals surface area (Å²) in [6, 6.07) is 8.53. The Bertz CT molecular complexity index is 646. The first-order valence-corrected chi connectivity index (χ1v) is 9.92. The quantitative estimate of drug-likeness (QED) is 0.830. The van der Waals surface area contributed by atoms with Gasteiger partial charge in [0.15, 0.2) is 0 Å². The summed E-state index contributed by atoms with van der Waals surface area (Å²) in [6.45, 7) is 9.92. The van der Waals surface area contributed by atoms with Crippen molar-refractivity contribution in [3.05, 3.63) is 35.4 Å². The van der Waals surface area contributed by atoms with Crippen LogP contribution < -0.4 is 0 Å². The summed E-state index contributed by atoms with van der Waals surface area (Å²) in [5.74, 6) is 0.406. The minimum atomic E-state index is -0.00609. The number of rotatable bonds is 4. The van der Waals surface area contributed by atoms with Crippen molar-refractivity contribution in [1.29, 1.82) is 0 Å². The van der Waals surface area contributed by atoms with Gasteiger partial charge < -0.3 is 9.80 Å². The van der Waals surface area contributed by atoms with Crippen LogP contribution in [-0.2, 0) is 16.1 Å². The topological polar surface area (TPSA) is 43.9 Å². The molecule has 2 amide bonds. The summed E-state index contributed by atoms with van der Waals surface area (Å²) < 4.78 is 0. The van der Waals surface area contributed by atoms with Crippen LogP contribution in [-0.4, -0.2) is 65.8 Å². The number of amides is 2. The van der Waals surface area contributed by atoms with Crippen molar-refractivity contribution in [2.45, 2.75) is 39.7 Å². The van der Waals surface area contributed by atoms with Gasteiger partial charge in [0.05, 0.1) is 5.92 Å². The molecule has 0 aromatic heterocycles. The minimum absolute atomic E-state index is 0.00609. The average Bonchev–Trinajstić information content (AvgIpc) is 3.03. The number of hydrogen-bond donors (Lipinski definition) is 0. The SMILES string of the molecule is CCC(=O)N1CCC(C(=O)N2CCCN(Cc3ccccc3C)CC2)C1. The molecule has 1 atom stereocenters. The molecular weight excluding hydrogens is 326 g/mol. The fourth-order valence-electron chi connectivity index (χ4n) is 4.05. The first kappa shape index (κ1) is 18.9. The molecule has 2 fully saturated rings. The molecule has 0 aliphatic carbocycles. The van der Waals surface area contributed by atoms with Gasteiger partial charge in [-0.3, -0.25) is 14.5 Å². The Labute approximate surface area is 156 Å². The molecule has 1 unspecified atom stereocenters. The van der Waals surface area contributed by atoms with Crippen molar-refractivity contribution < 1.29 is 9.59 Å². The zero-order valence-electron chi connectivity index (χ0n) is 16.1. The lowest BCUT2D eigenvalue weighted by Crippen LogP contribution is -2.40. The highest BCUT2D eigenvalue weighted by Crippen LogP contribution is 2.21. The number of nitrogens with zero attached hydrogens (tertiary/aromatic N) is 3. The van der Waals surface area contributed by atoms with Gasteiger partial charge in [-0.2, -0.15) is 0 Å². The van der Waals surface area contributed by atoms with E-state index in [2.05, 4.69) is 36.1 Å². The third-order valence-corrected chi connectivity index (χ3v) is 5.75. The molecule has 0 N–H and O–H groups in total. The van der Waals surface area contributed by atoms with Crippen LogP contribution in [0.4, 0.5) is 0 Å². The zero-order valence-corrected chi connectivity index (χ0v) is 16.1. The molecule has 0 bridgehead atoms. The van der Waals surface area contributed by atoms with Crippen LogP contribution in [0.1, 0.15) is 37.3 Å². The lowest BCUT2D eigenvalue weighted by molar-refractivity contribution is -0.135. The van der Waals surface area contributed by atoms with Crippen molar-refractivity contribution >= 4 is 11.8 Å². The molecule has 1 aromatic carbocycles. The molecule has 1 aromatic rings. The standard InChI is InChI=1S/C21H31N3O2/c1-3-20(25)24-12-9-19(16-24)21(26)23-11-6-10-22(13-14-23)15-18-8-5-4-7-17(18)2/h4-5,7-8,19H,3,6,9-16H2,1-2H3. The van der Waals surface area contributed by atoms with E-state index in [-0.39, 0.29) is 17.7 Å². The Morgan fingerprint density at radius 1 is 1.04 bits per heavy atom. The molecule has 2 aliphatic rings. The Balaban J connectivity index is 1.53. The Morgan fingerprint density at radius 2 is 1.85 bits per heavy atom. The highest BCUT2D eigenvalue weighted by atomic mass is 16.2. The number of carbonyl (C=O) groups is 2. The largest absolute Gasteiger partial charge is 0.342 e. The molecule has 26 heavy (non-hydrogen) atoms. The Morgan fingerprint density at radius 3 is 2.62 bits per heavy atom. The lowest BCUT2D eigenvalue weighted by Gasteiger charge is -2.25. The third-order valence-electron chi connectivity index (χ3n) is 5.75. The van der Waals surface area contributed by atoms with Crippen molar-refractivity contribution in [3.8, 4) is 0 Å². The molecule has 2 heterocycles. The van der Waals surface area contributed by atoms with Crippen molar-refractivity contribution in [2.24, 2.45) is 5.92 Å². The van der Waals surface area contributed by atoms with Gasteiger partial charge in [-0.15, -0.1) is 0 Å².